The van der Waals surface area contributed by atoms with Crippen LogP contribution in [0.25, 0.3) is 0 Å². The third-order valence-corrected chi connectivity index (χ3v) is 6.67. The third-order valence-electron chi connectivity index (χ3n) is 4.19. The first kappa shape index (κ1) is 20.5. The van der Waals surface area contributed by atoms with Crippen LogP contribution >= 0.6 is 34.3 Å². The zero-order valence-corrected chi connectivity index (χ0v) is 17.1. The summed E-state index contributed by atoms with van der Waals surface area (Å²) in [5, 5.41) is 2.98. The SMILES string of the molecule is NC(=O)c1c(NC(=O)COC(=O)CCC(=O)c2ccc(Cl)s2)sc2c1CCC2. The molecule has 0 saturated carbocycles. The Balaban J connectivity index is 1.47. The minimum Gasteiger partial charge on any atom is -0.456 e. The number of rotatable bonds is 8. The second-order valence-electron chi connectivity index (χ2n) is 6.16. The molecule has 0 atom stereocenters. The van der Waals surface area contributed by atoms with Gasteiger partial charge in [-0.2, -0.15) is 0 Å². The van der Waals surface area contributed by atoms with Gasteiger partial charge in [-0.05, 0) is 37.0 Å². The van der Waals surface area contributed by atoms with E-state index in [2.05, 4.69) is 5.32 Å². The number of carbonyl (C=O) groups is 4. The number of hydrogen-bond donors (Lipinski definition) is 2. The van der Waals surface area contributed by atoms with Crippen molar-refractivity contribution in [2.45, 2.75) is 32.1 Å². The van der Waals surface area contributed by atoms with Gasteiger partial charge in [0, 0.05) is 11.3 Å². The number of thiophene rings is 2. The molecule has 1 aliphatic rings. The van der Waals surface area contributed by atoms with E-state index in [9.17, 15) is 19.2 Å². The first-order chi connectivity index (χ1) is 13.3. The summed E-state index contributed by atoms with van der Waals surface area (Å²) in [6, 6.07) is 3.21. The van der Waals surface area contributed by atoms with E-state index < -0.39 is 24.4 Å². The third kappa shape index (κ3) is 4.78. The quantitative estimate of drug-likeness (QED) is 0.483. The van der Waals surface area contributed by atoms with E-state index in [-0.39, 0.29) is 18.6 Å². The fourth-order valence-electron chi connectivity index (χ4n) is 2.94. The van der Waals surface area contributed by atoms with Gasteiger partial charge >= 0.3 is 5.97 Å². The van der Waals surface area contributed by atoms with Crippen molar-refractivity contribution in [2.75, 3.05) is 11.9 Å². The fourth-order valence-corrected chi connectivity index (χ4v) is 5.26. The van der Waals surface area contributed by atoms with Crippen LogP contribution in [-0.2, 0) is 27.2 Å². The van der Waals surface area contributed by atoms with E-state index in [4.69, 9.17) is 22.1 Å². The summed E-state index contributed by atoms with van der Waals surface area (Å²) in [5.74, 6) is -2.02. The molecule has 2 aromatic heterocycles. The molecule has 0 aromatic carbocycles. The van der Waals surface area contributed by atoms with Gasteiger partial charge in [0.25, 0.3) is 11.8 Å². The Bertz CT molecular complexity index is 950. The Morgan fingerprint density at radius 1 is 1.14 bits per heavy atom. The van der Waals surface area contributed by atoms with E-state index in [1.54, 1.807) is 12.1 Å². The first-order valence-electron chi connectivity index (χ1n) is 8.53. The standard InChI is InChI=1S/C18H17ClN2O5S2/c19-13-6-5-12(27-13)10(22)4-7-15(24)26-8-14(23)21-18-16(17(20)25)9-2-1-3-11(9)28-18/h5-6H,1-4,7-8H2,(H2,20,25)(H,21,23). The molecule has 28 heavy (non-hydrogen) atoms. The van der Waals surface area contributed by atoms with Crippen molar-refractivity contribution in [1.82, 2.24) is 0 Å². The molecule has 148 valence electrons. The fraction of sp³-hybridized carbons (Fsp3) is 0.333. The number of esters is 1. The van der Waals surface area contributed by atoms with Crippen molar-refractivity contribution in [1.29, 1.82) is 0 Å². The number of nitrogens with two attached hydrogens (primary N) is 1. The predicted molar refractivity (Wildman–Crippen MR) is 107 cm³/mol. The zero-order chi connectivity index (χ0) is 20.3. The van der Waals surface area contributed by atoms with Gasteiger partial charge in [-0.25, -0.2) is 0 Å². The highest BCUT2D eigenvalue weighted by Crippen LogP contribution is 2.38. The predicted octanol–water partition coefficient (Wildman–Crippen LogP) is 3.20. The number of fused-ring (bicyclic) bond motifs is 1. The Labute approximate surface area is 173 Å². The maximum absolute atomic E-state index is 12.1. The highest BCUT2D eigenvalue weighted by molar-refractivity contribution is 7.18. The van der Waals surface area contributed by atoms with Gasteiger partial charge in [-0.3, -0.25) is 19.2 Å². The average Bonchev–Trinajstić information content (AvgIpc) is 3.33. The van der Waals surface area contributed by atoms with Gasteiger partial charge in [0.15, 0.2) is 12.4 Å². The van der Waals surface area contributed by atoms with Crippen LogP contribution in [0.2, 0.25) is 4.34 Å². The lowest BCUT2D eigenvalue weighted by Crippen LogP contribution is -2.22. The monoisotopic (exact) mass is 440 g/mol. The van der Waals surface area contributed by atoms with Crippen molar-refractivity contribution in [3.8, 4) is 0 Å². The van der Waals surface area contributed by atoms with Crippen LogP contribution in [0.15, 0.2) is 12.1 Å². The molecule has 0 saturated heterocycles. The van der Waals surface area contributed by atoms with E-state index in [1.807, 2.05) is 0 Å². The Morgan fingerprint density at radius 2 is 1.93 bits per heavy atom. The summed E-state index contributed by atoms with van der Waals surface area (Å²) in [4.78, 5) is 49.0. The van der Waals surface area contributed by atoms with Crippen molar-refractivity contribution < 1.29 is 23.9 Å². The number of ketones is 1. The normalized spacial score (nSPS) is 12.5. The molecule has 3 N–H and O–H groups in total. The van der Waals surface area contributed by atoms with Crippen LogP contribution in [-0.4, -0.2) is 30.2 Å². The largest absolute Gasteiger partial charge is 0.456 e. The molecule has 0 spiro atoms. The van der Waals surface area contributed by atoms with Crippen LogP contribution in [0.5, 0.6) is 0 Å². The summed E-state index contributed by atoms with van der Waals surface area (Å²) in [7, 11) is 0. The Hall–Kier alpha value is -2.23. The number of ether oxygens (including phenoxy) is 1. The number of halogens is 1. The molecule has 0 bridgehead atoms. The van der Waals surface area contributed by atoms with Gasteiger partial charge < -0.3 is 15.8 Å². The smallest absolute Gasteiger partial charge is 0.306 e. The molecular formula is C18H17ClN2O5S2. The second kappa shape index (κ2) is 8.85. The van der Waals surface area contributed by atoms with Crippen molar-refractivity contribution in [3.05, 3.63) is 37.4 Å². The van der Waals surface area contributed by atoms with Gasteiger partial charge in [0.05, 0.1) is 21.2 Å². The molecule has 2 aromatic rings. The number of anilines is 1. The highest BCUT2D eigenvalue weighted by atomic mass is 35.5. The molecule has 10 heteroatoms. The maximum Gasteiger partial charge on any atom is 0.306 e. The van der Waals surface area contributed by atoms with E-state index in [0.717, 1.165) is 41.0 Å². The molecule has 0 fully saturated rings. The van der Waals surface area contributed by atoms with E-state index >= 15 is 0 Å². The van der Waals surface area contributed by atoms with Crippen molar-refractivity contribution in [3.63, 3.8) is 0 Å². The first-order valence-corrected chi connectivity index (χ1v) is 10.5. The highest BCUT2D eigenvalue weighted by Gasteiger charge is 2.26. The number of aryl methyl sites for hydroxylation is 1. The molecule has 1 aliphatic carbocycles. The molecule has 2 heterocycles. The minimum atomic E-state index is -0.657. The number of Topliss-reactive ketones (excluding diaryl/α,β-unsaturated/α-hetero) is 1. The molecule has 0 aliphatic heterocycles. The van der Waals surface area contributed by atoms with Crippen LogP contribution < -0.4 is 11.1 Å². The molecule has 0 radical (unpaired) electrons. The molecule has 2 amide bonds. The van der Waals surface area contributed by atoms with Crippen LogP contribution in [0.3, 0.4) is 0 Å². The molecule has 7 nitrogen and oxygen atoms in total. The summed E-state index contributed by atoms with van der Waals surface area (Å²) in [6.07, 6.45) is 2.42. The molecular weight excluding hydrogens is 424 g/mol. The molecule has 3 rings (SSSR count). The van der Waals surface area contributed by atoms with Gasteiger partial charge in [0.2, 0.25) is 0 Å². The van der Waals surface area contributed by atoms with Crippen LogP contribution in [0.1, 0.15) is 49.7 Å². The van der Waals surface area contributed by atoms with Gasteiger partial charge in [0.1, 0.15) is 5.00 Å². The lowest BCUT2D eigenvalue weighted by molar-refractivity contribution is -0.147. The number of amides is 2. The average molecular weight is 441 g/mol. The number of primary amides is 1. The van der Waals surface area contributed by atoms with Crippen molar-refractivity contribution >= 4 is 62.8 Å². The summed E-state index contributed by atoms with van der Waals surface area (Å²) in [6.45, 7) is -0.501. The molecule has 0 unspecified atom stereocenters. The van der Waals surface area contributed by atoms with Gasteiger partial charge in [-0.15, -0.1) is 22.7 Å². The topological polar surface area (TPSA) is 116 Å². The zero-order valence-electron chi connectivity index (χ0n) is 14.7. The summed E-state index contributed by atoms with van der Waals surface area (Å²) < 4.78 is 5.41. The van der Waals surface area contributed by atoms with Crippen LogP contribution in [0.4, 0.5) is 5.00 Å². The minimum absolute atomic E-state index is 0.0270. The van der Waals surface area contributed by atoms with Gasteiger partial charge in [-0.1, -0.05) is 11.6 Å². The number of carbonyl (C=O) groups excluding carboxylic acids is 4. The maximum atomic E-state index is 12.1. The summed E-state index contributed by atoms with van der Waals surface area (Å²) in [5.41, 5.74) is 6.68. The summed E-state index contributed by atoms with van der Waals surface area (Å²) >= 11 is 8.24. The second-order valence-corrected chi connectivity index (χ2v) is 8.98. The lowest BCUT2D eigenvalue weighted by atomic mass is 10.1. The van der Waals surface area contributed by atoms with E-state index in [0.29, 0.717) is 19.8 Å². The Kier molecular flexibility index (Phi) is 6.48. The number of hydrogen-bond acceptors (Lipinski definition) is 7. The number of nitrogens with one attached hydrogen (secondary N) is 1. The van der Waals surface area contributed by atoms with E-state index in [1.165, 1.54) is 11.3 Å². The van der Waals surface area contributed by atoms with Crippen LogP contribution in [0, 0.1) is 0 Å². The van der Waals surface area contributed by atoms with Crippen molar-refractivity contribution in [2.24, 2.45) is 5.73 Å². The Morgan fingerprint density at radius 3 is 2.61 bits per heavy atom. The lowest BCUT2D eigenvalue weighted by Gasteiger charge is -2.07.